The molecule has 0 radical (unpaired) electrons. The maximum absolute atomic E-state index is 12.5. The molecule has 0 bridgehead atoms. The fraction of sp³-hybridized carbons (Fsp3) is 0.250. The van der Waals surface area contributed by atoms with E-state index in [4.69, 9.17) is 5.73 Å². The molecular formula is C16H18BrNO2S. The van der Waals surface area contributed by atoms with Gasteiger partial charge in [0.15, 0.2) is 9.84 Å². The van der Waals surface area contributed by atoms with E-state index < -0.39 is 15.9 Å². The van der Waals surface area contributed by atoms with E-state index in [1.807, 2.05) is 32.0 Å². The third kappa shape index (κ3) is 3.73. The zero-order valence-corrected chi connectivity index (χ0v) is 14.4. The zero-order valence-electron chi connectivity index (χ0n) is 12.0. The zero-order chi connectivity index (χ0) is 15.6. The van der Waals surface area contributed by atoms with E-state index in [1.54, 1.807) is 24.3 Å². The summed E-state index contributed by atoms with van der Waals surface area (Å²) in [5.41, 5.74) is 9.21. The molecule has 1 unspecified atom stereocenters. The summed E-state index contributed by atoms with van der Waals surface area (Å²) in [6.45, 7) is 4.01. The minimum Gasteiger partial charge on any atom is -0.323 e. The predicted octanol–water partition coefficient (Wildman–Crippen LogP) is 3.54. The van der Waals surface area contributed by atoms with E-state index in [1.165, 1.54) is 5.56 Å². The van der Waals surface area contributed by atoms with Crippen molar-refractivity contribution in [1.82, 2.24) is 0 Å². The van der Waals surface area contributed by atoms with Crippen LogP contribution in [0.15, 0.2) is 51.8 Å². The molecule has 0 aromatic heterocycles. The first-order chi connectivity index (χ1) is 9.81. The average molecular weight is 368 g/mol. The lowest BCUT2D eigenvalue weighted by Crippen LogP contribution is -2.22. The van der Waals surface area contributed by atoms with Gasteiger partial charge in [0, 0.05) is 10.5 Å². The number of hydrogen-bond acceptors (Lipinski definition) is 3. The summed E-state index contributed by atoms with van der Waals surface area (Å²) in [5, 5.41) is 0. The van der Waals surface area contributed by atoms with Crippen LogP contribution in [-0.4, -0.2) is 14.2 Å². The molecule has 2 aromatic carbocycles. The molecule has 0 saturated heterocycles. The predicted molar refractivity (Wildman–Crippen MR) is 89.0 cm³/mol. The van der Waals surface area contributed by atoms with E-state index >= 15 is 0 Å². The van der Waals surface area contributed by atoms with Crippen molar-refractivity contribution in [2.45, 2.75) is 24.8 Å². The lowest BCUT2D eigenvalue weighted by Gasteiger charge is -2.15. The minimum atomic E-state index is -3.43. The second-order valence-electron chi connectivity index (χ2n) is 5.16. The smallest absolute Gasteiger partial charge is 0.181 e. The molecule has 2 N–H and O–H groups in total. The molecule has 0 amide bonds. The molecule has 0 aliphatic carbocycles. The van der Waals surface area contributed by atoms with Crippen LogP contribution in [0.1, 0.15) is 22.7 Å². The third-order valence-corrected chi connectivity index (χ3v) is 6.31. The Kier molecular flexibility index (Phi) is 4.86. The molecular weight excluding hydrogens is 350 g/mol. The number of sulfone groups is 1. The van der Waals surface area contributed by atoms with Crippen LogP contribution in [0.2, 0.25) is 0 Å². The first-order valence-corrected chi connectivity index (χ1v) is 9.06. The summed E-state index contributed by atoms with van der Waals surface area (Å²) >= 11 is 3.28. The Labute approximate surface area is 134 Å². The van der Waals surface area contributed by atoms with Gasteiger partial charge >= 0.3 is 0 Å². The molecule has 0 fully saturated rings. The molecule has 3 nitrogen and oxygen atoms in total. The van der Waals surface area contributed by atoms with Gasteiger partial charge in [0.05, 0.1) is 10.6 Å². The Morgan fingerprint density at radius 3 is 2.38 bits per heavy atom. The minimum absolute atomic E-state index is 0.113. The van der Waals surface area contributed by atoms with E-state index in [0.717, 1.165) is 11.1 Å². The normalized spacial score (nSPS) is 13.1. The Morgan fingerprint density at radius 1 is 1.10 bits per heavy atom. The number of nitrogens with two attached hydrogens (primary N) is 1. The SMILES string of the molecule is Cc1ccc(C(N)CS(=O)(=O)c2ccccc2Br)cc1C. The van der Waals surface area contributed by atoms with Crippen LogP contribution in [0.4, 0.5) is 0 Å². The average Bonchev–Trinajstić information content (AvgIpc) is 2.41. The highest BCUT2D eigenvalue weighted by Gasteiger charge is 2.22. The molecule has 2 rings (SSSR count). The highest BCUT2D eigenvalue weighted by Crippen LogP contribution is 2.25. The highest BCUT2D eigenvalue weighted by atomic mass is 79.9. The summed E-state index contributed by atoms with van der Waals surface area (Å²) in [7, 11) is -3.43. The van der Waals surface area contributed by atoms with Gasteiger partial charge in [-0.2, -0.15) is 0 Å². The number of halogens is 1. The van der Waals surface area contributed by atoms with Crippen molar-refractivity contribution >= 4 is 25.8 Å². The molecule has 21 heavy (non-hydrogen) atoms. The van der Waals surface area contributed by atoms with Crippen molar-refractivity contribution in [3.8, 4) is 0 Å². The van der Waals surface area contributed by atoms with Gasteiger partial charge in [-0.05, 0) is 58.6 Å². The van der Waals surface area contributed by atoms with E-state index in [-0.39, 0.29) is 10.6 Å². The molecule has 5 heteroatoms. The van der Waals surface area contributed by atoms with Gasteiger partial charge in [-0.25, -0.2) is 8.42 Å². The van der Waals surface area contributed by atoms with Crippen molar-refractivity contribution < 1.29 is 8.42 Å². The fourth-order valence-corrected chi connectivity index (χ4v) is 4.64. The van der Waals surface area contributed by atoms with E-state index in [0.29, 0.717) is 4.47 Å². The lowest BCUT2D eigenvalue weighted by molar-refractivity contribution is 0.588. The Balaban J connectivity index is 2.28. The quantitative estimate of drug-likeness (QED) is 0.898. The van der Waals surface area contributed by atoms with Gasteiger partial charge in [-0.1, -0.05) is 30.3 Å². The molecule has 112 valence electrons. The molecule has 0 saturated carbocycles. The first-order valence-electron chi connectivity index (χ1n) is 6.61. The van der Waals surface area contributed by atoms with Crippen LogP contribution >= 0.6 is 15.9 Å². The summed E-state index contributed by atoms with van der Waals surface area (Å²) in [4.78, 5) is 0.282. The second-order valence-corrected chi connectivity index (χ2v) is 8.02. The van der Waals surface area contributed by atoms with Crippen LogP contribution in [0.25, 0.3) is 0 Å². The van der Waals surface area contributed by atoms with Gasteiger partial charge in [0.2, 0.25) is 0 Å². The van der Waals surface area contributed by atoms with Crippen LogP contribution < -0.4 is 5.73 Å². The van der Waals surface area contributed by atoms with Gasteiger partial charge < -0.3 is 5.73 Å². The number of hydrogen-bond donors (Lipinski definition) is 1. The summed E-state index contributed by atoms with van der Waals surface area (Å²) in [6.07, 6.45) is 0. The van der Waals surface area contributed by atoms with Crippen molar-refractivity contribution in [3.05, 3.63) is 63.6 Å². The number of aryl methyl sites for hydroxylation is 2. The monoisotopic (exact) mass is 367 g/mol. The highest BCUT2D eigenvalue weighted by molar-refractivity contribution is 9.10. The maximum Gasteiger partial charge on any atom is 0.181 e. The van der Waals surface area contributed by atoms with E-state index in [2.05, 4.69) is 15.9 Å². The maximum atomic E-state index is 12.5. The van der Waals surface area contributed by atoms with Crippen LogP contribution in [0.3, 0.4) is 0 Å². The van der Waals surface area contributed by atoms with Gasteiger partial charge in [0.25, 0.3) is 0 Å². The van der Waals surface area contributed by atoms with Crippen molar-refractivity contribution in [1.29, 1.82) is 0 Å². The van der Waals surface area contributed by atoms with Crippen LogP contribution in [-0.2, 0) is 9.84 Å². The lowest BCUT2D eigenvalue weighted by atomic mass is 10.0. The summed E-state index contributed by atoms with van der Waals surface area (Å²) in [6, 6.07) is 12.1. The van der Waals surface area contributed by atoms with Crippen molar-refractivity contribution in [2.24, 2.45) is 5.73 Å². The number of rotatable bonds is 4. The summed E-state index contributed by atoms with van der Waals surface area (Å²) < 4.78 is 25.5. The first kappa shape index (κ1) is 16.2. The molecule has 0 heterocycles. The van der Waals surface area contributed by atoms with Crippen molar-refractivity contribution in [3.63, 3.8) is 0 Å². The van der Waals surface area contributed by atoms with Crippen LogP contribution in [0, 0.1) is 13.8 Å². The molecule has 2 aromatic rings. The Morgan fingerprint density at radius 2 is 1.76 bits per heavy atom. The third-order valence-electron chi connectivity index (χ3n) is 3.53. The fourth-order valence-electron chi connectivity index (χ4n) is 2.11. The van der Waals surface area contributed by atoms with Gasteiger partial charge in [0.1, 0.15) is 0 Å². The Bertz CT molecular complexity index is 757. The van der Waals surface area contributed by atoms with Crippen LogP contribution in [0.5, 0.6) is 0 Å². The summed E-state index contributed by atoms with van der Waals surface area (Å²) in [5.74, 6) is -0.113. The topological polar surface area (TPSA) is 60.2 Å². The molecule has 0 aliphatic heterocycles. The Hall–Kier alpha value is -1.17. The largest absolute Gasteiger partial charge is 0.323 e. The molecule has 0 aliphatic rings. The van der Waals surface area contributed by atoms with E-state index in [9.17, 15) is 8.42 Å². The number of benzene rings is 2. The van der Waals surface area contributed by atoms with Gasteiger partial charge in [-0.15, -0.1) is 0 Å². The van der Waals surface area contributed by atoms with Gasteiger partial charge in [-0.3, -0.25) is 0 Å². The molecule has 0 spiro atoms. The molecule has 1 atom stereocenters. The second kappa shape index (κ2) is 6.30. The van der Waals surface area contributed by atoms with Crippen molar-refractivity contribution in [2.75, 3.05) is 5.75 Å². The standard InChI is InChI=1S/C16H18BrNO2S/c1-11-7-8-13(9-12(11)2)15(18)10-21(19,20)16-6-4-3-5-14(16)17/h3-9,15H,10,18H2,1-2H3.